The number of nitro groups is 1. The molecule has 15 heavy (non-hydrogen) atoms. The van der Waals surface area contributed by atoms with Gasteiger partial charge < -0.3 is 10.2 Å². The van der Waals surface area contributed by atoms with Gasteiger partial charge in [-0.15, -0.1) is 0 Å². The van der Waals surface area contributed by atoms with E-state index < -0.39 is 10.7 Å². The molecule has 5 heteroatoms. The number of phenolic OH excluding ortho intramolecular Hbond substituents is 2. The zero-order valence-corrected chi connectivity index (χ0v) is 8.65. The molecule has 5 nitrogen and oxygen atoms in total. The summed E-state index contributed by atoms with van der Waals surface area (Å²) in [5, 5.41) is 29.6. The summed E-state index contributed by atoms with van der Waals surface area (Å²) in [5.74, 6) is -0.685. The summed E-state index contributed by atoms with van der Waals surface area (Å²) in [7, 11) is 0. The molecule has 0 amide bonds. The highest BCUT2D eigenvalue weighted by molar-refractivity contribution is 5.59. The Balaban J connectivity index is 3.54. The first-order valence-electron chi connectivity index (χ1n) is 4.73. The third-order valence-corrected chi connectivity index (χ3v) is 2.38. The Morgan fingerprint density at radius 2 is 1.80 bits per heavy atom. The van der Waals surface area contributed by atoms with Crippen molar-refractivity contribution >= 4 is 5.69 Å². The molecule has 0 saturated heterocycles. The maximum absolute atomic E-state index is 10.7. The molecule has 0 fully saturated rings. The van der Waals surface area contributed by atoms with Gasteiger partial charge in [-0.05, 0) is 12.8 Å². The first-order chi connectivity index (χ1) is 7.02. The molecule has 0 saturated carbocycles. The van der Waals surface area contributed by atoms with Crippen LogP contribution in [0.15, 0.2) is 6.07 Å². The standard InChI is InChI=1S/C10H13NO4/c1-3-6-7(4-2)10(13)9(12)5-8(6)11(14)15/h5,12-13H,3-4H2,1-2H3. The van der Waals surface area contributed by atoms with E-state index in [0.717, 1.165) is 6.07 Å². The fraction of sp³-hybridized carbons (Fsp3) is 0.400. The first kappa shape index (κ1) is 11.3. The number of aromatic hydroxyl groups is 2. The van der Waals surface area contributed by atoms with Crippen LogP contribution in [-0.4, -0.2) is 15.1 Å². The average Bonchev–Trinajstić information content (AvgIpc) is 2.20. The first-order valence-corrected chi connectivity index (χ1v) is 4.73. The van der Waals surface area contributed by atoms with Crippen molar-refractivity contribution in [3.05, 3.63) is 27.3 Å². The number of nitrogens with zero attached hydrogens (tertiary/aromatic N) is 1. The molecule has 0 aliphatic rings. The van der Waals surface area contributed by atoms with Gasteiger partial charge in [-0.1, -0.05) is 13.8 Å². The lowest BCUT2D eigenvalue weighted by Crippen LogP contribution is -1.99. The highest BCUT2D eigenvalue weighted by atomic mass is 16.6. The van der Waals surface area contributed by atoms with Gasteiger partial charge >= 0.3 is 0 Å². The topological polar surface area (TPSA) is 83.6 Å². The number of hydrogen-bond acceptors (Lipinski definition) is 4. The number of rotatable bonds is 3. The van der Waals surface area contributed by atoms with Crippen molar-refractivity contribution in [1.82, 2.24) is 0 Å². The molecule has 2 N–H and O–H groups in total. The molecule has 1 aromatic rings. The van der Waals surface area contributed by atoms with Gasteiger partial charge in [-0.3, -0.25) is 10.1 Å². The fourth-order valence-electron chi connectivity index (χ4n) is 1.68. The highest BCUT2D eigenvalue weighted by Gasteiger charge is 2.21. The van der Waals surface area contributed by atoms with Gasteiger partial charge in [0, 0.05) is 11.1 Å². The summed E-state index contributed by atoms with van der Waals surface area (Å²) >= 11 is 0. The van der Waals surface area contributed by atoms with Gasteiger partial charge in [0.05, 0.1) is 11.0 Å². The van der Waals surface area contributed by atoms with Crippen LogP contribution in [0.1, 0.15) is 25.0 Å². The van der Waals surface area contributed by atoms with Gasteiger partial charge in [0.1, 0.15) is 0 Å². The van der Waals surface area contributed by atoms with Crippen LogP contribution in [0.4, 0.5) is 5.69 Å². The Labute approximate surface area is 87.1 Å². The van der Waals surface area contributed by atoms with Crippen molar-refractivity contribution in [1.29, 1.82) is 0 Å². The van der Waals surface area contributed by atoms with Crippen LogP contribution >= 0.6 is 0 Å². The molecule has 1 aromatic carbocycles. The van der Waals surface area contributed by atoms with Crippen LogP contribution in [0.5, 0.6) is 11.5 Å². The zero-order valence-electron chi connectivity index (χ0n) is 8.65. The Morgan fingerprint density at radius 1 is 1.27 bits per heavy atom. The van der Waals surface area contributed by atoms with E-state index >= 15 is 0 Å². The maximum atomic E-state index is 10.7. The fourth-order valence-corrected chi connectivity index (χ4v) is 1.68. The lowest BCUT2D eigenvalue weighted by atomic mass is 9.99. The third kappa shape index (κ3) is 1.86. The Hall–Kier alpha value is -1.78. The molecule has 0 aliphatic heterocycles. The van der Waals surface area contributed by atoms with E-state index in [0.29, 0.717) is 24.0 Å². The second-order valence-electron chi connectivity index (χ2n) is 3.18. The SMILES string of the molecule is CCc1c([N+](=O)[O-])cc(O)c(O)c1CC. The monoisotopic (exact) mass is 211 g/mol. The lowest BCUT2D eigenvalue weighted by Gasteiger charge is -2.10. The molecule has 82 valence electrons. The molecule has 0 aromatic heterocycles. The molecule has 0 spiro atoms. The van der Waals surface area contributed by atoms with E-state index in [9.17, 15) is 20.3 Å². The Kier molecular flexibility index (Phi) is 3.14. The Bertz CT molecular complexity index is 401. The summed E-state index contributed by atoms with van der Waals surface area (Å²) in [4.78, 5) is 10.2. The zero-order chi connectivity index (χ0) is 11.6. The van der Waals surface area contributed by atoms with Gasteiger partial charge in [-0.25, -0.2) is 0 Å². The van der Waals surface area contributed by atoms with E-state index in [2.05, 4.69) is 0 Å². The molecule has 0 unspecified atom stereocenters. The molecule has 0 aliphatic carbocycles. The molecular weight excluding hydrogens is 198 g/mol. The van der Waals surface area contributed by atoms with Crippen LogP contribution in [-0.2, 0) is 12.8 Å². The van der Waals surface area contributed by atoms with Gasteiger partial charge in [0.2, 0.25) is 0 Å². The highest BCUT2D eigenvalue weighted by Crippen LogP contribution is 2.38. The van der Waals surface area contributed by atoms with Crippen molar-refractivity contribution in [3.63, 3.8) is 0 Å². The predicted octanol–water partition coefficient (Wildman–Crippen LogP) is 2.13. The molecular formula is C10H13NO4. The normalized spacial score (nSPS) is 10.3. The summed E-state index contributed by atoms with van der Waals surface area (Å²) in [6.07, 6.45) is 0.900. The second kappa shape index (κ2) is 4.16. The van der Waals surface area contributed by atoms with Crippen LogP contribution < -0.4 is 0 Å². The second-order valence-corrected chi connectivity index (χ2v) is 3.18. The minimum atomic E-state index is -0.544. The van der Waals surface area contributed by atoms with E-state index in [-0.39, 0.29) is 11.4 Å². The predicted molar refractivity (Wildman–Crippen MR) is 55.2 cm³/mol. The minimum Gasteiger partial charge on any atom is -0.504 e. The minimum absolute atomic E-state index is 0.135. The van der Waals surface area contributed by atoms with Crippen molar-refractivity contribution in [3.8, 4) is 11.5 Å². The summed E-state index contributed by atoms with van der Waals surface area (Å²) in [5.41, 5.74) is 0.798. The van der Waals surface area contributed by atoms with Crippen molar-refractivity contribution in [2.24, 2.45) is 0 Å². The molecule has 0 radical (unpaired) electrons. The molecule has 0 atom stereocenters. The Morgan fingerprint density at radius 3 is 2.20 bits per heavy atom. The van der Waals surface area contributed by atoms with Crippen LogP contribution in [0.3, 0.4) is 0 Å². The average molecular weight is 211 g/mol. The lowest BCUT2D eigenvalue weighted by molar-refractivity contribution is -0.385. The van der Waals surface area contributed by atoms with E-state index in [1.807, 2.05) is 0 Å². The van der Waals surface area contributed by atoms with Crippen LogP contribution in [0.2, 0.25) is 0 Å². The van der Waals surface area contributed by atoms with Crippen molar-refractivity contribution in [2.45, 2.75) is 26.7 Å². The summed E-state index contributed by atoms with van der Waals surface area (Å²) in [6, 6.07) is 0.993. The van der Waals surface area contributed by atoms with Crippen LogP contribution in [0, 0.1) is 10.1 Å². The quantitative estimate of drug-likeness (QED) is 0.455. The smallest absolute Gasteiger partial charge is 0.276 e. The summed E-state index contributed by atoms with van der Waals surface area (Å²) in [6.45, 7) is 3.55. The number of hydrogen-bond donors (Lipinski definition) is 2. The molecule has 0 heterocycles. The van der Waals surface area contributed by atoms with Gasteiger partial charge in [0.25, 0.3) is 5.69 Å². The van der Waals surface area contributed by atoms with Crippen LogP contribution in [0.25, 0.3) is 0 Å². The third-order valence-electron chi connectivity index (χ3n) is 2.38. The summed E-state index contributed by atoms with van der Waals surface area (Å²) < 4.78 is 0. The van der Waals surface area contributed by atoms with Crippen molar-refractivity contribution < 1.29 is 15.1 Å². The largest absolute Gasteiger partial charge is 0.504 e. The maximum Gasteiger partial charge on any atom is 0.276 e. The van der Waals surface area contributed by atoms with Gasteiger partial charge in [-0.2, -0.15) is 0 Å². The number of phenols is 2. The molecule has 1 rings (SSSR count). The molecule has 0 bridgehead atoms. The van der Waals surface area contributed by atoms with E-state index in [1.54, 1.807) is 13.8 Å². The van der Waals surface area contributed by atoms with E-state index in [4.69, 9.17) is 0 Å². The number of benzene rings is 1. The van der Waals surface area contributed by atoms with Crippen molar-refractivity contribution in [2.75, 3.05) is 0 Å². The van der Waals surface area contributed by atoms with Gasteiger partial charge in [0.15, 0.2) is 11.5 Å². The van der Waals surface area contributed by atoms with E-state index in [1.165, 1.54) is 0 Å². The number of nitro benzene ring substituents is 1.